The normalized spacial score (nSPS) is 13.8. The number of fused-ring (bicyclic) bond motifs is 1. The Morgan fingerprint density at radius 2 is 1.70 bits per heavy atom. The van der Waals surface area contributed by atoms with Crippen molar-refractivity contribution in [3.05, 3.63) is 53.3 Å². The molecule has 0 aliphatic carbocycles. The summed E-state index contributed by atoms with van der Waals surface area (Å²) in [5.41, 5.74) is 1.69. The molecule has 2 aromatic carbocycles. The first-order chi connectivity index (χ1) is 11.0. The van der Waals surface area contributed by atoms with E-state index >= 15 is 0 Å². The van der Waals surface area contributed by atoms with Gasteiger partial charge in [-0.15, -0.1) is 0 Å². The van der Waals surface area contributed by atoms with E-state index in [0.717, 1.165) is 23.3 Å². The third kappa shape index (κ3) is 3.46. The minimum atomic E-state index is -3.70. The van der Waals surface area contributed by atoms with Crippen molar-refractivity contribution in [2.45, 2.75) is 18.4 Å². The zero-order valence-corrected chi connectivity index (χ0v) is 13.3. The summed E-state index contributed by atoms with van der Waals surface area (Å²) in [5.74, 6) is 0.795. The van der Waals surface area contributed by atoms with Crippen LogP contribution in [0.3, 0.4) is 0 Å². The number of halogens is 1. The third-order valence-electron chi connectivity index (χ3n) is 3.58. The van der Waals surface area contributed by atoms with Gasteiger partial charge < -0.3 is 9.47 Å². The van der Waals surface area contributed by atoms with E-state index in [9.17, 15) is 12.8 Å². The van der Waals surface area contributed by atoms with Gasteiger partial charge in [0.1, 0.15) is 19.0 Å². The lowest BCUT2D eigenvalue weighted by molar-refractivity contribution is 0.171. The van der Waals surface area contributed by atoms with Gasteiger partial charge in [0.05, 0.1) is 4.90 Å². The molecule has 0 saturated carbocycles. The summed E-state index contributed by atoms with van der Waals surface area (Å²) in [5, 5.41) is 0. The van der Waals surface area contributed by atoms with Crippen molar-refractivity contribution in [1.29, 1.82) is 0 Å². The van der Waals surface area contributed by atoms with Gasteiger partial charge in [-0.05, 0) is 54.4 Å². The molecule has 1 N–H and O–H groups in total. The minimum absolute atomic E-state index is 0.0223. The van der Waals surface area contributed by atoms with Crippen molar-refractivity contribution >= 4 is 10.0 Å². The number of ether oxygens (including phenoxy) is 2. The number of aryl methyl sites for hydroxylation is 1. The van der Waals surface area contributed by atoms with E-state index in [-0.39, 0.29) is 11.4 Å². The van der Waals surface area contributed by atoms with E-state index in [1.807, 2.05) is 13.0 Å². The molecule has 0 saturated heterocycles. The molecule has 0 bridgehead atoms. The molecule has 1 aliphatic heterocycles. The van der Waals surface area contributed by atoms with Crippen LogP contribution >= 0.6 is 0 Å². The Bertz CT molecular complexity index is 819. The summed E-state index contributed by atoms with van der Waals surface area (Å²) < 4.78 is 50.9. The average molecular weight is 337 g/mol. The van der Waals surface area contributed by atoms with Crippen molar-refractivity contribution in [1.82, 2.24) is 4.72 Å². The van der Waals surface area contributed by atoms with Crippen LogP contribution in [0.25, 0.3) is 0 Å². The van der Waals surface area contributed by atoms with Gasteiger partial charge in [0.2, 0.25) is 10.0 Å². The number of sulfonamides is 1. The molecule has 5 nitrogen and oxygen atoms in total. The SMILES string of the molecule is Cc1cc2c(cc1CNS(=O)(=O)c1ccc(F)cc1)OCCO2. The predicted molar refractivity (Wildman–Crippen MR) is 82.6 cm³/mol. The second-order valence-electron chi connectivity index (χ2n) is 5.20. The summed E-state index contributed by atoms with van der Waals surface area (Å²) in [6.45, 7) is 2.96. The molecular formula is C16H16FNO4S. The zero-order chi connectivity index (χ0) is 16.4. The highest BCUT2D eigenvalue weighted by Crippen LogP contribution is 2.33. The Kier molecular flexibility index (Phi) is 4.23. The Hall–Kier alpha value is -2.12. The van der Waals surface area contributed by atoms with E-state index in [0.29, 0.717) is 24.7 Å². The number of benzene rings is 2. The van der Waals surface area contributed by atoms with Crippen LogP contribution in [0.15, 0.2) is 41.3 Å². The van der Waals surface area contributed by atoms with Crippen molar-refractivity contribution in [2.75, 3.05) is 13.2 Å². The second-order valence-corrected chi connectivity index (χ2v) is 6.97. The van der Waals surface area contributed by atoms with Crippen LogP contribution in [0, 0.1) is 12.7 Å². The molecule has 1 aliphatic rings. The lowest BCUT2D eigenvalue weighted by atomic mass is 10.1. The number of hydrogen-bond acceptors (Lipinski definition) is 4. The maximum atomic E-state index is 12.9. The van der Waals surface area contributed by atoms with Gasteiger partial charge in [-0.2, -0.15) is 0 Å². The maximum absolute atomic E-state index is 12.9. The van der Waals surface area contributed by atoms with Crippen LogP contribution < -0.4 is 14.2 Å². The van der Waals surface area contributed by atoms with Crippen molar-refractivity contribution in [3.63, 3.8) is 0 Å². The Morgan fingerprint density at radius 1 is 1.09 bits per heavy atom. The smallest absolute Gasteiger partial charge is 0.240 e. The highest BCUT2D eigenvalue weighted by molar-refractivity contribution is 7.89. The average Bonchev–Trinajstić information content (AvgIpc) is 2.53. The molecule has 122 valence electrons. The molecule has 7 heteroatoms. The van der Waals surface area contributed by atoms with E-state index in [2.05, 4.69) is 4.72 Å². The van der Waals surface area contributed by atoms with E-state index in [1.165, 1.54) is 12.1 Å². The van der Waals surface area contributed by atoms with Gasteiger partial charge in [0.25, 0.3) is 0 Å². The summed E-state index contributed by atoms with van der Waals surface area (Å²) in [4.78, 5) is 0.0223. The van der Waals surface area contributed by atoms with Crippen LogP contribution in [0.1, 0.15) is 11.1 Å². The molecule has 2 aromatic rings. The first kappa shape index (κ1) is 15.8. The van der Waals surface area contributed by atoms with E-state index < -0.39 is 15.8 Å². The molecule has 0 spiro atoms. The number of nitrogens with one attached hydrogen (secondary N) is 1. The summed E-state index contributed by atoms with van der Waals surface area (Å²) in [6.07, 6.45) is 0. The number of rotatable bonds is 4. The molecule has 0 fully saturated rings. The Balaban J connectivity index is 1.78. The van der Waals surface area contributed by atoms with Gasteiger partial charge >= 0.3 is 0 Å². The molecule has 0 radical (unpaired) electrons. The lowest BCUT2D eigenvalue weighted by Crippen LogP contribution is -2.24. The van der Waals surface area contributed by atoms with Crippen LogP contribution in [-0.4, -0.2) is 21.6 Å². The molecule has 23 heavy (non-hydrogen) atoms. The van der Waals surface area contributed by atoms with Gasteiger partial charge in [-0.25, -0.2) is 17.5 Å². The number of hydrogen-bond donors (Lipinski definition) is 1. The Morgan fingerprint density at radius 3 is 2.35 bits per heavy atom. The second kappa shape index (κ2) is 6.17. The highest BCUT2D eigenvalue weighted by Gasteiger charge is 2.17. The zero-order valence-electron chi connectivity index (χ0n) is 12.5. The fourth-order valence-electron chi connectivity index (χ4n) is 2.29. The summed E-state index contributed by atoms with van der Waals surface area (Å²) in [6, 6.07) is 8.30. The van der Waals surface area contributed by atoms with Crippen LogP contribution in [-0.2, 0) is 16.6 Å². The predicted octanol–water partition coefficient (Wildman–Crippen LogP) is 2.38. The molecule has 0 aromatic heterocycles. The quantitative estimate of drug-likeness (QED) is 0.930. The molecule has 0 unspecified atom stereocenters. The molecule has 0 atom stereocenters. The first-order valence-corrected chi connectivity index (χ1v) is 8.58. The van der Waals surface area contributed by atoms with Crippen molar-refractivity contribution in [2.24, 2.45) is 0 Å². The van der Waals surface area contributed by atoms with Crippen LogP contribution in [0.4, 0.5) is 4.39 Å². The van der Waals surface area contributed by atoms with Crippen LogP contribution in [0.5, 0.6) is 11.5 Å². The molecular weight excluding hydrogens is 321 g/mol. The van der Waals surface area contributed by atoms with Crippen molar-refractivity contribution in [3.8, 4) is 11.5 Å². The van der Waals surface area contributed by atoms with E-state index in [4.69, 9.17) is 9.47 Å². The maximum Gasteiger partial charge on any atom is 0.240 e. The monoisotopic (exact) mass is 337 g/mol. The summed E-state index contributed by atoms with van der Waals surface area (Å²) in [7, 11) is -3.70. The lowest BCUT2D eigenvalue weighted by Gasteiger charge is -2.20. The van der Waals surface area contributed by atoms with Crippen molar-refractivity contribution < 1.29 is 22.3 Å². The topological polar surface area (TPSA) is 64.6 Å². The fourth-order valence-corrected chi connectivity index (χ4v) is 3.30. The minimum Gasteiger partial charge on any atom is -0.486 e. The Labute approximate surface area is 134 Å². The van der Waals surface area contributed by atoms with Gasteiger partial charge in [-0.3, -0.25) is 0 Å². The largest absolute Gasteiger partial charge is 0.486 e. The first-order valence-electron chi connectivity index (χ1n) is 7.10. The summed E-state index contributed by atoms with van der Waals surface area (Å²) >= 11 is 0. The fraction of sp³-hybridized carbons (Fsp3) is 0.250. The highest BCUT2D eigenvalue weighted by atomic mass is 32.2. The van der Waals surface area contributed by atoms with Gasteiger partial charge in [-0.1, -0.05) is 0 Å². The molecule has 1 heterocycles. The third-order valence-corrected chi connectivity index (χ3v) is 4.99. The molecule has 0 amide bonds. The standard InChI is InChI=1S/C16H16FNO4S/c1-11-8-15-16(22-7-6-21-15)9-12(11)10-18-23(19,20)14-4-2-13(17)3-5-14/h2-5,8-9,18H,6-7,10H2,1H3. The van der Waals surface area contributed by atoms with Gasteiger partial charge in [0, 0.05) is 6.54 Å². The molecule has 3 rings (SSSR count). The van der Waals surface area contributed by atoms with E-state index in [1.54, 1.807) is 6.07 Å². The van der Waals surface area contributed by atoms with Gasteiger partial charge in [0.15, 0.2) is 11.5 Å². The van der Waals surface area contributed by atoms with Crippen LogP contribution in [0.2, 0.25) is 0 Å².